The van der Waals surface area contributed by atoms with E-state index in [0.717, 1.165) is 33.4 Å². The number of nitrogens with zero attached hydrogens (tertiary/aromatic N) is 3. The van der Waals surface area contributed by atoms with Crippen molar-refractivity contribution in [3.63, 3.8) is 0 Å². The van der Waals surface area contributed by atoms with Crippen LogP contribution in [0.4, 0.5) is 0 Å². The number of pyridine rings is 1. The maximum Gasteiger partial charge on any atom is 0.149 e. The average Bonchev–Trinajstić information content (AvgIpc) is 3.17. The van der Waals surface area contributed by atoms with Gasteiger partial charge in [0.1, 0.15) is 11.6 Å². The second-order valence-corrected chi connectivity index (χ2v) is 20.9. The Hall–Kier alpha value is -6.26. The Morgan fingerprint density at radius 1 is 0.561 bits per heavy atom. The maximum atomic E-state index is 11.9. The number of hydrogen-bond donors (Lipinski definition) is 1. The van der Waals surface area contributed by atoms with Crippen LogP contribution in [0.1, 0.15) is 148 Å². The summed E-state index contributed by atoms with van der Waals surface area (Å²) in [5.74, 6) is 0.301. The first-order chi connectivity index (χ1) is 37.0. The highest BCUT2D eigenvalue weighted by Crippen LogP contribution is 2.43. The molecule has 0 amide bonds. The molecule has 0 aliphatic heterocycles. The van der Waals surface area contributed by atoms with Crippen molar-refractivity contribution in [2.45, 2.75) is 132 Å². The van der Waals surface area contributed by atoms with Gasteiger partial charge in [-0.3, -0.25) is 9.55 Å². The third-order valence-electron chi connectivity index (χ3n) is 12.4. The zero-order valence-corrected chi connectivity index (χ0v) is 40.1. The lowest BCUT2D eigenvalue weighted by atomic mass is 9.79. The standard InChI is InChI=1S/C62H69N3O/c1-37-26-40(4)57(66)51(27-37)58-64-56-50(18-17-19-55(56)65(58)54-23-21-42(29-39(54)3)44-31-48(60(8,9)10)36-49(32-44)61(11,12)13)45-30-46(34-47(33-45)59(5,6)7)53-35-43(24-25-63-53)41-20-22-52(38(2)28-41)62(14,15)16/h17-36,66H,1-16H3/i3D3,14D3,15D3,16D3,20D,22D,28D. The number of fused-ring (bicyclic) bond motifs is 1. The van der Waals surface area contributed by atoms with E-state index >= 15 is 0 Å². The number of hydrogen-bond acceptors (Lipinski definition) is 3. The molecular formula is C62H69N3O. The topological polar surface area (TPSA) is 50.9 Å². The summed E-state index contributed by atoms with van der Waals surface area (Å²) in [4.78, 5) is 10.1. The van der Waals surface area contributed by atoms with Gasteiger partial charge >= 0.3 is 0 Å². The monoisotopic (exact) mass is 887 g/mol. The van der Waals surface area contributed by atoms with Gasteiger partial charge in [0.2, 0.25) is 0 Å². The minimum absolute atomic E-state index is 0.0114. The van der Waals surface area contributed by atoms with Crippen LogP contribution in [0, 0.1) is 27.6 Å². The molecule has 8 aromatic rings. The second kappa shape index (κ2) is 16.6. The first kappa shape index (κ1) is 30.9. The van der Waals surface area contributed by atoms with Crippen molar-refractivity contribution in [1.82, 2.24) is 14.5 Å². The summed E-state index contributed by atoms with van der Waals surface area (Å²) in [6.07, 6.45) is 1.46. The summed E-state index contributed by atoms with van der Waals surface area (Å²) < 4.78 is 132. The van der Waals surface area contributed by atoms with Crippen LogP contribution >= 0.6 is 0 Å². The van der Waals surface area contributed by atoms with Crippen LogP contribution < -0.4 is 0 Å². The van der Waals surface area contributed by atoms with Crippen LogP contribution in [0.2, 0.25) is 0 Å². The fourth-order valence-corrected chi connectivity index (χ4v) is 8.59. The molecule has 0 atom stereocenters. The molecule has 66 heavy (non-hydrogen) atoms. The normalized spacial score (nSPS) is 16.7. The minimum atomic E-state index is -3.71. The molecule has 2 heterocycles. The lowest BCUT2D eigenvalue weighted by Crippen LogP contribution is -2.16. The fourth-order valence-electron chi connectivity index (χ4n) is 8.59. The third-order valence-corrected chi connectivity index (χ3v) is 12.4. The van der Waals surface area contributed by atoms with E-state index < -0.39 is 61.9 Å². The van der Waals surface area contributed by atoms with E-state index in [0.29, 0.717) is 56.1 Å². The highest BCUT2D eigenvalue weighted by atomic mass is 16.3. The van der Waals surface area contributed by atoms with Gasteiger partial charge in [0.25, 0.3) is 0 Å². The molecule has 0 saturated carbocycles. The number of phenols is 1. The highest BCUT2D eigenvalue weighted by molar-refractivity contribution is 5.97. The quantitative estimate of drug-likeness (QED) is 0.181. The number of para-hydroxylation sites is 1. The van der Waals surface area contributed by atoms with E-state index in [1.165, 1.54) is 19.2 Å². The van der Waals surface area contributed by atoms with E-state index in [1.54, 1.807) is 19.1 Å². The number of aryl methyl sites for hydroxylation is 3. The van der Waals surface area contributed by atoms with Gasteiger partial charge < -0.3 is 5.11 Å². The molecule has 0 fully saturated rings. The van der Waals surface area contributed by atoms with Crippen LogP contribution in [-0.4, -0.2) is 19.6 Å². The number of rotatable bonds is 6. The molecule has 0 aliphatic rings. The second-order valence-electron chi connectivity index (χ2n) is 20.9. The van der Waals surface area contributed by atoms with E-state index in [1.807, 2.05) is 72.2 Å². The van der Waals surface area contributed by atoms with Crippen molar-refractivity contribution in [3.8, 4) is 67.5 Å². The number of aromatic nitrogens is 3. The van der Waals surface area contributed by atoms with Gasteiger partial charge in [-0.25, -0.2) is 4.98 Å². The first-order valence-electron chi connectivity index (χ1n) is 29.9. The van der Waals surface area contributed by atoms with Gasteiger partial charge in [-0.15, -0.1) is 0 Å². The molecule has 338 valence electrons. The molecule has 0 radical (unpaired) electrons. The molecule has 6 aromatic carbocycles. The Kier molecular flexibility index (Phi) is 7.74. The molecule has 0 saturated heterocycles. The molecule has 2 aromatic heterocycles. The molecule has 0 spiro atoms. The van der Waals surface area contributed by atoms with E-state index in [-0.39, 0.29) is 38.8 Å². The van der Waals surface area contributed by atoms with Crippen molar-refractivity contribution in [1.29, 1.82) is 0 Å². The Morgan fingerprint density at radius 3 is 1.88 bits per heavy atom. The zero-order chi connectivity index (χ0) is 60.4. The van der Waals surface area contributed by atoms with Gasteiger partial charge in [-0.1, -0.05) is 150 Å². The first-order valence-corrected chi connectivity index (χ1v) is 22.4. The van der Waals surface area contributed by atoms with Gasteiger partial charge in [-0.2, -0.15) is 0 Å². The number of benzene rings is 6. The summed E-state index contributed by atoms with van der Waals surface area (Å²) in [7, 11) is 0. The Bertz CT molecular complexity index is 3700. The SMILES string of the molecule is [2H]c1c([2H])c(C(C([2H])([2H])[2H])(C([2H])([2H])[2H])C([2H])([2H])[2H])c(C)c([2H])c1-c1ccnc(-c2cc(-c3cccc4c3nc(-c3cc(C)cc(C)c3O)n4-c3ccc(-c4cc(C(C)(C)C)cc(C(C)(C)C)c4)cc3C([2H])([2H])[2H])cc(C(C)(C)C)c2)c1. The molecule has 4 heteroatoms. The number of imidazole rings is 1. The third kappa shape index (κ3) is 9.00. The minimum Gasteiger partial charge on any atom is -0.507 e. The maximum absolute atomic E-state index is 11.9. The van der Waals surface area contributed by atoms with Crippen LogP contribution in [0.25, 0.3) is 72.7 Å². The number of aromatic hydroxyl groups is 1. The van der Waals surface area contributed by atoms with Crippen molar-refractivity contribution in [3.05, 3.63) is 166 Å². The molecule has 0 bridgehead atoms. The van der Waals surface area contributed by atoms with Crippen LogP contribution in [0.3, 0.4) is 0 Å². The summed E-state index contributed by atoms with van der Waals surface area (Å²) >= 11 is 0. The van der Waals surface area contributed by atoms with E-state index in [4.69, 9.17) is 27.8 Å². The summed E-state index contributed by atoms with van der Waals surface area (Å²) in [6, 6.07) is 28.2. The Morgan fingerprint density at radius 2 is 1.21 bits per heavy atom. The lowest BCUT2D eigenvalue weighted by molar-refractivity contribution is 0.472. The summed E-state index contributed by atoms with van der Waals surface area (Å²) in [5, 5.41) is 11.9. The van der Waals surface area contributed by atoms with Crippen molar-refractivity contribution in [2.24, 2.45) is 0 Å². The summed E-state index contributed by atoms with van der Waals surface area (Å²) in [5.41, 5.74) is 4.74. The summed E-state index contributed by atoms with van der Waals surface area (Å²) in [6.45, 7) is 10.3. The number of phenolic OH excluding ortho intramolecular Hbond substituents is 1. The van der Waals surface area contributed by atoms with Crippen molar-refractivity contribution >= 4 is 11.0 Å². The molecule has 0 aliphatic carbocycles. The predicted octanol–water partition coefficient (Wildman–Crippen LogP) is 16.9. The lowest BCUT2D eigenvalue weighted by Gasteiger charge is -2.26. The van der Waals surface area contributed by atoms with Gasteiger partial charge in [-0.05, 0) is 170 Å². The fraction of sp³-hybridized carbons (Fsp3) is 0.323. The molecule has 8 rings (SSSR count). The molecule has 1 N–H and O–H groups in total. The Balaban J connectivity index is 1.38. The van der Waals surface area contributed by atoms with E-state index in [9.17, 15) is 7.85 Å². The molecular weight excluding hydrogens is 803 g/mol. The Labute approximate surface area is 415 Å². The largest absolute Gasteiger partial charge is 0.507 e. The van der Waals surface area contributed by atoms with Crippen molar-refractivity contribution in [2.75, 3.05) is 0 Å². The molecule has 4 nitrogen and oxygen atoms in total. The van der Waals surface area contributed by atoms with Crippen molar-refractivity contribution < 1.29 is 25.7 Å². The van der Waals surface area contributed by atoms with E-state index in [2.05, 4.69) is 80.5 Å². The smallest absolute Gasteiger partial charge is 0.149 e. The van der Waals surface area contributed by atoms with Gasteiger partial charge in [0.05, 0.1) is 32.1 Å². The van der Waals surface area contributed by atoms with Gasteiger partial charge in [0.15, 0.2) is 0 Å². The highest BCUT2D eigenvalue weighted by Gasteiger charge is 2.26. The predicted molar refractivity (Wildman–Crippen MR) is 281 cm³/mol. The van der Waals surface area contributed by atoms with Crippen LogP contribution in [-0.2, 0) is 21.7 Å². The zero-order valence-electron chi connectivity index (χ0n) is 55.1. The average molecular weight is 887 g/mol. The van der Waals surface area contributed by atoms with Crippen LogP contribution in [0.15, 0.2) is 121 Å². The molecule has 0 unspecified atom stereocenters. The van der Waals surface area contributed by atoms with Gasteiger partial charge in [0, 0.05) is 33.8 Å². The van der Waals surface area contributed by atoms with Crippen LogP contribution in [0.5, 0.6) is 5.75 Å².